The zero-order chi connectivity index (χ0) is 12.9. The van der Waals surface area contributed by atoms with Gasteiger partial charge >= 0.3 is 0 Å². The molecule has 1 heterocycles. The Morgan fingerprint density at radius 1 is 1.41 bits per heavy atom. The van der Waals surface area contributed by atoms with Gasteiger partial charge in [0.15, 0.2) is 0 Å². The zero-order valence-electron chi connectivity index (χ0n) is 11.1. The summed E-state index contributed by atoms with van der Waals surface area (Å²) in [6.45, 7) is 6.67. The van der Waals surface area contributed by atoms with Crippen molar-refractivity contribution in [1.82, 2.24) is 20.1 Å². The molecule has 0 aliphatic carbocycles. The molecule has 0 aliphatic heterocycles. The quantitative estimate of drug-likeness (QED) is 0.760. The summed E-state index contributed by atoms with van der Waals surface area (Å²) in [5, 5.41) is 16.4. The van der Waals surface area contributed by atoms with Crippen molar-refractivity contribution in [2.75, 3.05) is 7.05 Å². The average molecular weight is 235 g/mol. The standard InChI is InChI=1S/C12H21N5/c1-10-15-11(2)17(16-10)8-6-5-7-12(3,9-13)14-4/h14H,5-8H2,1-4H3. The van der Waals surface area contributed by atoms with Gasteiger partial charge in [-0.2, -0.15) is 10.4 Å². The Labute approximate surface area is 103 Å². The second kappa shape index (κ2) is 5.78. The van der Waals surface area contributed by atoms with E-state index < -0.39 is 5.54 Å². The predicted molar refractivity (Wildman–Crippen MR) is 66.4 cm³/mol. The predicted octanol–water partition coefficient (Wildman–Crippen LogP) is 1.57. The molecule has 17 heavy (non-hydrogen) atoms. The van der Waals surface area contributed by atoms with Crippen LogP contribution in [-0.4, -0.2) is 27.4 Å². The summed E-state index contributed by atoms with van der Waals surface area (Å²) in [6, 6.07) is 2.30. The number of rotatable bonds is 6. The monoisotopic (exact) mass is 235 g/mol. The largest absolute Gasteiger partial charge is 0.303 e. The van der Waals surface area contributed by atoms with E-state index in [-0.39, 0.29) is 0 Å². The molecule has 5 nitrogen and oxygen atoms in total. The molecule has 0 spiro atoms. The number of nitrogens with zero attached hydrogens (tertiary/aromatic N) is 4. The van der Waals surface area contributed by atoms with E-state index in [0.29, 0.717) is 0 Å². The van der Waals surface area contributed by atoms with E-state index in [9.17, 15) is 0 Å². The molecule has 0 bridgehead atoms. The molecular weight excluding hydrogens is 214 g/mol. The van der Waals surface area contributed by atoms with Crippen LogP contribution in [0.4, 0.5) is 0 Å². The summed E-state index contributed by atoms with van der Waals surface area (Å²) in [6.07, 6.45) is 2.87. The Morgan fingerprint density at radius 2 is 2.12 bits per heavy atom. The molecule has 1 unspecified atom stereocenters. The number of nitriles is 1. The molecule has 1 aromatic rings. The first kappa shape index (κ1) is 13.7. The Bertz CT molecular complexity index is 404. The lowest BCUT2D eigenvalue weighted by Crippen LogP contribution is -2.37. The van der Waals surface area contributed by atoms with Gasteiger partial charge in [0.05, 0.1) is 6.07 Å². The van der Waals surface area contributed by atoms with Gasteiger partial charge in [0, 0.05) is 6.54 Å². The van der Waals surface area contributed by atoms with Crippen molar-refractivity contribution in [2.45, 2.75) is 52.1 Å². The van der Waals surface area contributed by atoms with Crippen LogP contribution in [0.2, 0.25) is 0 Å². The third-order valence-corrected chi connectivity index (χ3v) is 3.06. The van der Waals surface area contributed by atoms with Crippen LogP contribution in [0, 0.1) is 25.2 Å². The van der Waals surface area contributed by atoms with Gasteiger partial charge in [0.25, 0.3) is 0 Å². The van der Waals surface area contributed by atoms with Crippen molar-refractivity contribution < 1.29 is 0 Å². The van der Waals surface area contributed by atoms with Crippen LogP contribution in [-0.2, 0) is 6.54 Å². The molecule has 0 saturated carbocycles. The van der Waals surface area contributed by atoms with Gasteiger partial charge in [-0.25, -0.2) is 4.98 Å². The van der Waals surface area contributed by atoms with E-state index in [2.05, 4.69) is 21.5 Å². The first-order valence-electron chi connectivity index (χ1n) is 5.99. The average Bonchev–Trinajstić information content (AvgIpc) is 2.63. The van der Waals surface area contributed by atoms with E-state index in [0.717, 1.165) is 37.5 Å². The van der Waals surface area contributed by atoms with Crippen LogP contribution in [0.15, 0.2) is 0 Å². The van der Waals surface area contributed by atoms with Crippen LogP contribution < -0.4 is 5.32 Å². The third kappa shape index (κ3) is 3.82. The fourth-order valence-corrected chi connectivity index (χ4v) is 1.75. The number of aromatic nitrogens is 3. The Hall–Kier alpha value is -1.41. The van der Waals surface area contributed by atoms with Crippen molar-refractivity contribution >= 4 is 0 Å². The van der Waals surface area contributed by atoms with Crippen molar-refractivity contribution in [3.8, 4) is 6.07 Å². The first-order chi connectivity index (χ1) is 8.00. The lowest BCUT2D eigenvalue weighted by Gasteiger charge is -2.20. The topological polar surface area (TPSA) is 66.5 Å². The molecule has 0 aromatic carbocycles. The van der Waals surface area contributed by atoms with E-state index >= 15 is 0 Å². The minimum absolute atomic E-state index is 0.409. The summed E-state index contributed by atoms with van der Waals surface area (Å²) in [5.41, 5.74) is -0.409. The SMILES string of the molecule is CNC(C)(C#N)CCCCn1nc(C)nc1C. The summed E-state index contributed by atoms with van der Waals surface area (Å²) < 4.78 is 1.93. The summed E-state index contributed by atoms with van der Waals surface area (Å²) in [5.74, 6) is 1.78. The van der Waals surface area contributed by atoms with Crippen LogP contribution in [0.1, 0.15) is 37.8 Å². The maximum Gasteiger partial charge on any atom is 0.147 e. The van der Waals surface area contributed by atoms with Gasteiger partial charge in [0.2, 0.25) is 0 Å². The third-order valence-electron chi connectivity index (χ3n) is 3.06. The van der Waals surface area contributed by atoms with Crippen molar-refractivity contribution in [3.05, 3.63) is 11.6 Å². The van der Waals surface area contributed by atoms with Gasteiger partial charge in [-0.15, -0.1) is 0 Å². The molecule has 1 atom stereocenters. The highest BCUT2D eigenvalue weighted by Crippen LogP contribution is 2.12. The molecule has 0 fully saturated rings. The lowest BCUT2D eigenvalue weighted by atomic mass is 9.97. The van der Waals surface area contributed by atoms with Crippen LogP contribution in [0.25, 0.3) is 0 Å². The van der Waals surface area contributed by atoms with E-state index in [4.69, 9.17) is 5.26 Å². The van der Waals surface area contributed by atoms with E-state index in [1.165, 1.54) is 0 Å². The minimum Gasteiger partial charge on any atom is -0.303 e. The molecule has 1 N–H and O–H groups in total. The summed E-state index contributed by atoms with van der Waals surface area (Å²) in [4.78, 5) is 4.26. The van der Waals surface area contributed by atoms with Crippen LogP contribution in [0.3, 0.4) is 0 Å². The van der Waals surface area contributed by atoms with Crippen molar-refractivity contribution in [1.29, 1.82) is 5.26 Å². The molecule has 0 amide bonds. The van der Waals surface area contributed by atoms with Crippen molar-refractivity contribution in [2.24, 2.45) is 0 Å². The Kier molecular flexibility index (Phi) is 4.64. The Morgan fingerprint density at radius 3 is 2.59 bits per heavy atom. The van der Waals surface area contributed by atoms with E-state index in [1.54, 1.807) is 0 Å². The lowest BCUT2D eigenvalue weighted by molar-refractivity contribution is 0.418. The molecule has 5 heteroatoms. The second-order valence-corrected chi connectivity index (χ2v) is 4.58. The number of unbranched alkanes of at least 4 members (excludes halogenated alkanes) is 1. The Balaban J connectivity index is 2.34. The molecule has 1 rings (SSSR count). The van der Waals surface area contributed by atoms with Crippen LogP contribution in [0.5, 0.6) is 0 Å². The summed E-state index contributed by atoms with van der Waals surface area (Å²) in [7, 11) is 1.83. The first-order valence-corrected chi connectivity index (χ1v) is 5.99. The van der Waals surface area contributed by atoms with Gasteiger partial charge < -0.3 is 5.32 Å². The molecule has 0 saturated heterocycles. The maximum absolute atomic E-state index is 9.01. The van der Waals surface area contributed by atoms with Gasteiger partial charge in [-0.05, 0) is 47.1 Å². The molecule has 0 radical (unpaired) electrons. The fourth-order valence-electron chi connectivity index (χ4n) is 1.75. The van der Waals surface area contributed by atoms with Gasteiger partial charge in [0.1, 0.15) is 17.2 Å². The number of hydrogen-bond donors (Lipinski definition) is 1. The maximum atomic E-state index is 9.01. The molecule has 94 valence electrons. The van der Waals surface area contributed by atoms with E-state index in [1.807, 2.05) is 32.5 Å². The molecule has 0 aliphatic rings. The van der Waals surface area contributed by atoms with Crippen molar-refractivity contribution in [3.63, 3.8) is 0 Å². The minimum atomic E-state index is -0.409. The highest BCUT2D eigenvalue weighted by molar-refractivity contribution is 5.02. The number of aryl methyl sites for hydroxylation is 3. The van der Waals surface area contributed by atoms with Crippen LogP contribution >= 0.6 is 0 Å². The highest BCUT2D eigenvalue weighted by Gasteiger charge is 2.19. The smallest absolute Gasteiger partial charge is 0.147 e. The normalized spacial score (nSPS) is 14.3. The fraction of sp³-hybridized carbons (Fsp3) is 0.750. The number of hydrogen-bond acceptors (Lipinski definition) is 4. The van der Waals surface area contributed by atoms with Gasteiger partial charge in [-0.3, -0.25) is 4.68 Å². The zero-order valence-corrected chi connectivity index (χ0v) is 11.1. The van der Waals surface area contributed by atoms with Gasteiger partial charge in [-0.1, -0.05) is 0 Å². The number of nitrogens with one attached hydrogen (secondary N) is 1. The summed E-state index contributed by atoms with van der Waals surface area (Å²) >= 11 is 0. The second-order valence-electron chi connectivity index (χ2n) is 4.58. The highest BCUT2D eigenvalue weighted by atomic mass is 15.3. The molecular formula is C12H21N5. The molecule has 1 aromatic heterocycles.